The first kappa shape index (κ1) is 33.8. The molecule has 0 aliphatic carbocycles. The molecule has 1 aromatic heterocycles. The maximum atomic E-state index is 12.2. The number of rotatable bonds is 11. The van der Waals surface area contributed by atoms with E-state index in [1.165, 1.54) is 20.8 Å². The molecular formula is C32H34N2O12. The van der Waals surface area contributed by atoms with Crippen molar-refractivity contribution in [3.05, 3.63) is 60.0 Å². The lowest BCUT2D eigenvalue weighted by atomic mass is 9.89. The van der Waals surface area contributed by atoms with Crippen LogP contribution in [0.25, 0.3) is 22.6 Å². The highest BCUT2D eigenvalue weighted by Gasteiger charge is 2.52. The molecule has 1 fully saturated rings. The molecule has 244 valence electrons. The Morgan fingerprint density at radius 1 is 0.717 bits per heavy atom. The summed E-state index contributed by atoms with van der Waals surface area (Å²) in [4.78, 5) is 59.8. The number of carbonyl (C=O) groups is 5. The Bertz CT molecular complexity index is 1570. The topological polar surface area (TPSA) is 180 Å². The van der Waals surface area contributed by atoms with Crippen molar-refractivity contribution in [2.75, 3.05) is 13.2 Å². The molecule has 0 amide bonds. The van der Waals surface area contributed by atoms with Crippen molar-refractivity contribution in [2.45, 2.75) is 71.6 Å². The van der Waals surface area contributed by atoms with Crippen LogP contribution in [0.2, 0.25) is 0 Å². The predicted molar refractivity (Wildman–Crippen MR) is 156 cm³/mol. The molecular weight excluding hydrogens is 604 g/mol. The minimum Gasteiger partial charge on any atom is -0.466 e. The maximum absolute atomic E-state index is 12.2. The molecule has 14 nitrogen and oxygen atoms in total. The van der Waals surface area contributed by atoms with Crippen molar-refractivity contribution in [1.29, 1.82) is 0 Å². The lowest BCUT2D eigenvalue weighted by Gasteiger charge is -2.44. The summed E-state index contributed by atoms with van der Waals surface area (Å²) in [5, 5.41) is 7.92. The standard InChI is InChI=1S/C32H34N2O12/c1-6-40-27(39)15-26-33-34-32(46-26)22-12-10-21(11-13-22)23-8-7-9-24(14-23)28-30(43-19(4)37)31(44-20(5)38)29(42-18(3)36)25(45-28)16-41-17(2)35/h7-14,25,28-31H,6,15-16H2,1-5H3/t25-,28-,29-,30-,31+/m1/s1. The number of benzene rings is 2. The highest BCUT2D eigenvalue weighted by Crippen LogP contribution is 2.39. The lowest BCUT2D eigenvalue weighted by Crippen LogP contribution is -2.59. The zero-order valence-corrected chi connectivity index (χ0v) is 25.9. The third-order valence-corrected chi connectivity index (χ3v) is 6.74. The number of aromatic nitrogens is 2. The molecule has 0 spiro atoms. The Morgan fingerprint density at radius 2 is 1.35 bits per heavy atom. The Labute approximate surface area is 264 Å². The van der Waals surface area contributed by atoms with Gasteiger partial charge >= 0.3 is 29.8 Å². The minimum atomic E-state index is -1.28. The van der Waals surface area contributed by atoms with Gasteiger partial charge in [-0.25, -0.2) is 0 Å². The van der Waals surface area contributed by atoms with Gasteiger partial charge in [0.2, 0.25) is 11.8 Å². The second-order valence-electron chi connectivity index (χ2n) is 10.3. The predicted octanol–water partition coefficient (Wildman–Crippen LogP) is 3.31. The Morgan fingerprint density at radius 3 is 1.98 bits per heavy atom. The molecule has 0 saturated carbocycles. The van der Waals surface area contributed by atoms with Crippen LogP contribution in [0.1, 0.15) is 52.2 Å². The molecule has 3 aromatic rings. The maximum Gasteiger partial charge on any atom is 0.315 e. The second kappa shape index (κ2) is 15.3. The van der Waals surface area contributed by atoms with Gasteiger partial charge in [-0.15, -0.1) is 10.2 Å². The highest BCUT2D eigenvalue weighted by atomic mass is 16.7. The van der Waals surface area contributed by atoms with E-state index in [-0.39, 0.29) is 31.4 Å². The van der Waals surface area contributed by atoms with Gasteiger partial charge in [-0.1, -0.05) is 30.3 Å². The number of esters is 5. The van der Waals surface area contributed by atoms with Crippen LogP contribution in [0.3, 0.4) is 0 Å². The number of carbonyl (C=O) groups excluding carboxylic acids is 5. The van der Waals surface area contributed by atoms with Gasteiger partial charge in [0.25, 0.3) is 0 Å². The summed E-state index contributed by atoms with van der Waals surface area (Å²) in [5.74, 6) is -2.81. The van der Waals surface area contributed by atoms with E-state index in [9.17, 15) is 24.0 Å². The third kappa shape index (κ3) is 8.75. The van der Waals surface area contributed by atoms with E-state index in [4.69, 9.17) is 32.8 Å². The van der Waals surface area contributed by atoms with Gasteiger partial charge in [0, 0.05) is 33.3 Å². The van der Waals surface area contributed by atoms with Gasteiger partial charge in [0.15, 0.2) is 18.3 Å². The number of hydrogen-bond donors (Lipinski definition) is 0. The highest BCUT2D eigenvalue weighted by molar-refractivity contribution is 5.72. The van der Waals surface area contributed by atoms with Gasteiger partial charge in [0.05, 0.1) is 6.61 Å². The first-order valence-electron chi connectivity index (χ1n) is 14.4. The summed E-state index contributed by atoms with van der Waals surface area (Å²) in [6, 6.07) is 14.4. The monoisotopic (exact) mass is 638 g/mol. The molecule has 1 aliphatic heterocycles. The second-order valence-corrected chi connectivity index (χ2v) is 10.3. The molecule has 5 atom stereocenters. The summed E-state index contributed by atoms with van der Waals surface area (Å²) in [5.41, 5.74) is 2.72. The lowest BCUT2D eigenvalue weighted by molar-refractivity contribution is -0.254. The first-order valence-corrected chi connectivity index (χ1v) is 14.4. The molecule has 4 rings (SSSR count). The van der Waals surface area contributed by atoms with Crippen molar-refractivity contribution in [2.24, 2.45) is 0 Å². The summed E-state index contributed by atoms with van der Waals surface area (Å²) >= 11 is 0. The van der Waals surface area contributed by atoms with Crippen molar-refractivity contribution < 1.29 is 56.8 Å². The summed E-state index contributed by atoms with van der Waals surface area (Å²) < 4.78 is 38.6. The average molecular weight is 639 g/mol. The van der Waals surface area contributed by atoms with Crippen LogP contribution in [0.4, 0.5) is 0 Å². The first-order chi connectivity index (χ1) is 21.9. The minimum absolute atomic E-state index is 0.134. The van der Waals surface area contributed by atoms with Crippen LogP contribution in [-0.2, 0) is 58.8 Å². The number of hydrogen-bond acceptors (Lipinski definition) is 14. The molecule has 2 aromatic carbocycles. The molecule has 1 saturated heterocycles. The molecule has 0 N–H and O–H groups in total. The number of ether oxygens (including phenoxy) is 6. The third-order valence-electron chi connectivity index (χ3n) is 6.74. The Balaban J connectivity index is 1.65. The van der Waals surface area contributed by atoms with Crippen LogP contribution in [0.15, 0.2) is 52.9 Å². The largest absolute Gasteiger partial charge is 0.466 e. The van der Waals surface area contributed by atoms with Gasteiger partial charge < -0.3 is 32.8 Å². The fourth-order valence-electron chi connectivity index (χ4n) is 4.97. The zero-order chi connectivity index (χ0) is 33.4. The van der Waals surface area contributed by atoms with Gasteiger partial charge in [-0.05, 0) is 41.8 Å². The van der Waals surface area contributed by atoms with Crippen LogP contribution >= 0.6 is 0 Å². The fourth-order valence-corrected chi connectivity index (χ4v) is 4.97. The fraction of sp³-hybridized carbons (Fsp3) is 0.406. The molecule has 0 radical (unpaired) electrons. The summed E-state index contributed by atoms with van der Waals surface area (Å²) in [7, 11) is 0. The van der Waals surface area contributed by atoms with Crippen molar-refractivity contribution in [3.63, 3.8) is 0 Å². The smallest absolute Gasteiger partial charge is 0.315 e. The van der Waals surface area contributed by atoms with Gasteiger partial charge in [0.1, 0.15) is 25.2 Å². The molecule has 2 heterocycles. The molecule has 46 heavy (non-hydrogen) atoms. The van der Waals surface area contributed by atoms with E-state index in [1.54, 1.807) is 37.3 Å². The molecule has 1 aliphatic rings. The SMILES string of the molecule is CCOC(=O)Cc1nnc(-c2ccc(-c3cccc([C@H]4O[C@H](COC(C)=O)[C@@H](OC(C)=O)[C@H](OC(C)=O)[C@@H]4OC(C)=O)c3)cc2)o1. The number of nitrogens with zero attached hydrogens (tertiary/aromatic N) is 2. The Kier molecular flexibility index (Phi) is 11.2. The molecule has 0 unspecified atom stereocenters. The van der Waals surface area contributed by atoms with E-state index < -0.39 is 60.4 Å². The normalized spacial score (nSPS) is 20.7. The average Bonchev–Trinajstić information content (AvgIpc) is 3.46. The molecule has 14 heteroatoms. The molecule has 0 bridgehead atoms. The van der Waals surface area contributed by atoms with Crippen molar-refractivity contribution >= 4 is 29.8 Å². The zero-order valence-electron chi connectivity index (χ0n) is 25.9. The quantitative estimate of drug-likeness (QED) is 0.220. The van der Waals surface area contributed by atoms with E-state index in [0.717, 1.165) is 18.1 Å². The summed E-state index contributed by atoms with van der Waals surface area (Å²) in [6.45, 7) is 6.36. The van der Waals surface area contributed by atoms with Crippen LogP contribution < -0.4 is 0 Å². The van der Waals surface area contributed by atoms with Gasteiger partial charge in [-0.3, -0.25) is 24.0 Å². The van der Waals surface area contributed by atoms with Gasteiger partial charge in [-0.2, -0.15) is 0 Å². The van der Waals surface area contributed by atoms with E-state index >= 15 is 0 Å². The summed E-state index contributed by atoms with van der Waals surface area (Å²) in [6.07, 6.45) is -5.98. The van der Waals surface area contributed by atoms with E-state index in [2.05, 4.69) is 10.2 Å². The van der Waals surface area contributed by atoms with Crippen molar-refractivity contribution in [1.82, 2.24) is 10.2 Å². The van der Waals surface area contributed by atoms with Crippen LogP contribution in [0, 0.1) is 0 Å². The van der Waals surface area contributed by atoms with E-state index in [0.29, 0.717) is 11.1 Å². The van der Waals surface area contributed by atoms with Crippen LogP contribution in [0.5, 0.6) is 0 Å². The van der Waals surface area contributed by atoms with E-state index in [1.807, 2.05) is 18.2 Å². The van der Waals surface area contributed by atoms with Crippen molar-refractivity contribution in [3.8, 4) is 22.6 Å². The Hall–Kier alpha value is -5.11. The van der Waals surface area contributed by atoms with Crippen LogP contribution in [-0.4, -0.2) is 77.7 Å².